The Hall–Kier alpha value is -1.87. The summed E-state index contributed by atoms with van der Waals surface area (Å²) in [7, 11) is 0. The van der Waals surface area contributed by atoms with Crippen molar-refractivity contribution in [3.8, 4) is 0 Å². The normalized spacial score (nSPS) is 15.7. The van der Waals surface area contributed by atoms with Gasteiger partial charge in [0.1, 0.15) is 5.76 Å². The van der Waals surface area contributed by atoms with Gasteiger partial charge in [-0.15, -0.1) is 0 Å². The minimum Gasteiger partial charge on any atom is -0.437 e. The van der Waals surface area contributed by atoms with E-state index >= 15 is 0 Å². The fraction of sp³-hybridized carbons (Fsp3) is 0.0625. The Bertz CT molecular complexity index is 689. The van der Waals surface area contributed by atoms with Crippen LogP contribution in [0.3, 0.4) is 0 Å². The molecular weight excluding hydrogens is 302 g/mol. The number of aliphatic imine (C=N–C) groups is 1. The molecule has 1 aliphatic heterocycles. The third-order valence-electron chi connectivity index (χ3n) is 2.96. The topological polar surface area (TPSA) is 21.6 Å². The van der Waals surface area contributed by atoms with Crippen LogP contribution < -0.4 is 0 Å². The Morgan fingerprint density at radius 2 is 1.95 bits per heavy atom. The maximum absolute atomic E-state index is 5.87. The minimum absolute atomic E-state index is 0.633. The Labute approximate surface area is 120 Å². The predicted octanol–water partition coefficient (Wildman–Crippen LogP) is 4.80. The standard InChI is InChI=1S/C16H12BrNO/c1-11-5-4-6-12(9-11)16-18-14-8-3-2-7-13(14)15(10-17)19-16/h2-10H,1H3/b15-10-. The van der Waals surface area contributed by atoms with Gasteiger partial charge in [0.05, 0.1) is 5.69 Å². The third-order valence-corrected chi connectivity index (χ3v) is 3.38. The van der Waals surface area contributed by atoms with E-state index < -0.39 is 0 Å². The number of ether oxygens (including phenoxy) is 1. The SMILES string of the molecule is Cc1cccc(C2=Nc3ccccc3/C(=C/Br)O2)c1. The minimum atomic E-state index is 0.633. The number of rotatable bonds is 1. The van der Waals surface area contributed by atoms with Crippen LogP contribution in [0.2, 0.25) is 0 Å². The van der Waals surface area contributed by atoms with Crippen molar-refractivity contribution >= 4 is 33.3 Å². The zero-order valence-electron chi connectivity index (χ0n) is 10.4. The summed E-state index contributed by atoms with van der Waals surface area (Å²) in [4.78, 5) is 6.38. The molecule has 1 heterocycles. The molecule has 2 nitrogen and oxygen atoms in total. The molecule has 0 saturated carbocycles. The third kappa shape index (κ3) is 2.34. The van der Waals surface area contributed by atoms with Crippen molar-refractivity contribution < 1.29 is 4.74 Å². The number of nitrogens with zero attached hydrogens (tertiary/aromatic N) is 1. The van der Waals surface area contributed by atoms with Crippen LogP contribution in [0.5, 0.6) is 0 Å². The number of halogens is 1. The van der Waals surface area contributed by atoms with Gasteiger partial charge in [-0.1, -0.05) is 45.8 Å². The molecule has 3 rings (SSSR count). The number of benzene rings is 2. The van der Waals surface area contributed by atoms with Gasteiger partial charge in [-0.2, -0.15) is 0 Å². The molecular formula is C16H12BrNO. The molecule has 2 aromatic rings. The van der Waals surface area contributed by atoms with E-state index in [0.717, 1.165) is 22.6 Å². The summed E-state index contributed by atoms with van der Waals surface area (Å²) in [6.07, 6.45) is 0. The van der Waals surface area contributed by atoms with Gasteiger partial charge < -0.3 is 4.74 Å². The summed E-state index contributed by atoms with van der Waals surface area (Å²) in [5, 5.41) is 0. The average Bonchev–Trinajstić information content (AvgIpc) is 2.46. The zero-order valence-corrected chi connectivity index (χ0v) is 12.0. The molecule has 19 heavy (non-hydrogen) atoms. The number of hydrogen-bond donors (Lipinski definition) is 0. The van der Waals surface area contributed by atoms with Crippen molar-refractivity contribution in [3.05, 3.63) is 70.2 Å². The van der Waals surface area contributed by atoms with E-state index in [4.69, 9.17) is 4.74 Å². The lowest BCUT2D eigenvalue weighted by Gasteiger charge is -2.19. The largest absolute Gasteiger partial charge is 0.437 e. The molecule has 0 saturated heterocycles. The Morgan fingerprint density at radius 3 is 2.74 bits per heavy atom. The first-order valence-corrected chi connectivity index (χ1v) is 6.93. The lowest BCUT2D eigenvalue weighted by atomic mass is 10.1. The molecule has 2 aromatic carbocycles. The van der Waals surface area contributed by atoms with Gasteiger partial charge in [-0.05, 0) is 31.2 Å². The average molecular weight is 314 g/mol. The maximum Gasteiger partial charge on any atom is 0.227 e. The highest BCUT2D eigenvalue weighted by Gasteiger charge is 2.18. The second-order valence-electron chi connectivity index (χ2n) is 4.38. The predicted molar refractivity (Wildman–Crippen MR) is 81.8 cm³/mol. The van der Waals surface area contributed by atoms with Gasteiger partial charge in [0.15, 0.2) is 0 Å². The van der Waals surface area contributed by atoms with Gasteiger partial charge in [0.25, 0.3) is 0 Å². The number of fused-ring (bicyclic) bond motifs is 1. The van der Waals surface area contributed by atoms with Gasteiger partial charge in [0.2, 0.25) is 5.90 Å². The molecule has 0 spiro atoms. The van der Waals surface area contributed by atoms with Crippen molar-refractivity contribution in [1.82, 2.24) is 0 Å². The van der Waals surface area contributed by atoms with E-state index in [0.29, 0.717) is 5.90 Å². The Balaban J connectivity index is 2.13. The Morgan fingerprint density at radius 1 is 1.11 bits per heavy atom. The highest BCUT2D eigenvalue weighted by atomic mass is 79.9. The van der Waals surface area contributed by atoms with Gasteiger partial charge in [-0.3, -0.25) is 0 Å². The first-order chi connectivity index (χ1) is 9.28. The van der Waals surface area contributed by atoms with E-state index in [-0.39, 0.29) is 0 Å². The highest BCUT2D eigenvalue weighted by molar-refractivity contribution is 9.11. The molecule has 0 radical (unpaired) electrons. The number of aryl methyl sites for hydroxylation is 1. The van der Waals surface area contributed by atoms with Crippen LogP contribution in [0.1, 0.15) is 16.7 Å². The van der Waals surface area contributed by atoms with Crippen LogP contribution in [-0.2, 0) is 4.74 Å². The summed E-state index contributed by atoms with van der Waals surface area (Å²) in [6, 6.07) is 16.1. The molecule has 0 unspecified atom stereocenters. The van der Waals surface area contributed by atoms with Crippen molar-refractivity contribution in [2.75, 3.05) is 0 Å². The fourth-order valence-electron chi connectivity index (χ4n) is 2.05. The molecule has 1 aliphatic rings. The molecule has 0 amide bonds. The molecule has 94 valence electrons. The van der Waals surface area contributed by atoms with E-state index in [1.165, 1.54) is 5.56 Å². The van der Waals surface area contributed by atoms with Crippen LogP contribution in [0, 0.1) is 6.92 Å². The van der Waals surface area contributed by atoms with Crippen molar-refractivity contribution in [3.63, 3.8) is 0 Å². The van der Waals surface area contributed by atoms with Crippen molar-refractivity contribution in [2.45, 2.75) is 6.92 Å². The lowest BCUT2D eigenvalue weighted by molar-refractivity contribution is 0.505. The summed E-state index contributed by atoms with van der Waals surface area (Å²) >= 11 is 3.35. The smallest absolute Gasteiger partial charge is 0.227 e. The van der Waals surface area contributed by atoms with Gasteiger partial charge >= 0.3 is 0 Å². The van der Waals surface area contributed by atoms with Crippen molar-refractivity contribution in [1.29, 1.82) is 0 Å². The summed E-state index contributed by atoms with van der Waals surface area (Å²) in [6.45, 7) is 2.06. The molecule has 0 bridgehead atoms. The first-order valence-electron chi connectivity index (χ1n) is 6.01. The quantitative estimate of drug-likeness (QED) is 0.741. The van der Waals surface area contributed by atoms with Crippen LogP contribution in [0.25, 0.3) is 5.76 Å². The van der Waals surface area contributed by atoms with E-state index in [1.54, 1.807) is 4.99 Å². The summed E-state index contributed by atoms with van der Waals surface area (Å²) < 4.78 is 5.87. The second-order valence-corrected chi connectivity index (χ2v) is 4.84. The summed E-state index contributed by atoms with van der Waals surface area (Å²) in [5.41, 5.74) is 4.10. The zero-order chi connectivity index (χ0) is 13.2. The molecule has 0 atom stereocenters. The fourth-order valence-corrected chi connectivity index (χ4v) is 2.39. The molecule has 0 aliphatic carbocycles. The van der Waals surface area contributed by atoms with Crippen LogP contribution in [-0.4, -0.2) is 5.90 Å². The summed E-state index contributed by atoms with van der Waals surface area (Å²) in [5.74, 6) is 1.41. The van der Waals surface area contributed by atoms with Gasteiger partial charge in [-0.25, -0.2) is 4.99 Å². The molecule has 0 fully saturated rings. The second kappa shape index (κ2) is 5.02. The van der Waals surface area contributed by atoms with E-state index in [1.807, 2.05) is 36.4 Å². The van der Waals surface area contributed by atoms with Gasteiger partial charge in [0, 0.05) is 16.1 Å². The first kappa shape index (κ1) is 12.2. The van der Waals surface area contributed by atoms with Crippen molar-refractivity contribution in [2.24, 2.45) is 4.99 Å². The monoisotopic (exact) mass is 313 g/mol. The molecule has 0 aromatic heterocycles. The Kier molecular flexibility index (Phi) is 3.22. The lowest BCUT2D eigenvalue weighted by Crippen LogP contribution is -2.10. The van der Waals surface area contributed by atoms with Crippen LogP contribution >= 0.6 is 15.9 Å². The van der Waals surface area contributed by atoms with E-state index in [9.17, 15) is 0 Å². The number of hydrogen-bond acceptors (Lipinski definition) is 2. The molecule has 0 N–H and O–H groups in total. The van der Waals surface area contributed by atoms with E-state index in [2.05, 4.69) is 40.0 Å². The van der Waals surface area contributed by atoms with Crippen LogP contribution in [0.15, 0.2) is 58.5 Å². The van der Waals surface area contributed by atoms with Crippen LogP contribution in [0.4, 0.5) is 5.69 Å². The highest BCUT2D eigenvalue weighted by Crippen LogP contribution is 2.33. The molecule has 3 heteroatoms. The maximum atomic E-state index is 5.87. The number of para-hydroxylation sites is 1.